The Morgan fingerprint density at radius 1 is 0.833 bits per heavy atom. The molecule has 0 spiro atoms. The van der Waals surface area contributed by atoms with Gasteiger partial charge in [-0.3, -0.25) is 9.59 Å². The summed E-state index contributed by atoms with van der Waals surface area (Å²) in [5.74, 6) is 0.274. The molecule has 0 aliphatic carbocycles. The molecule has 0 aromatic heterocycles. The normalized spacial score (nSPS) is 11.4. The van der Waals surface area contributed by atoms with Crippen molar-refractivity contribution >= 4 is 23.2 Å². The second-order valence-electron chi connectivity index (χ2n) is 7.04. The molecule has 0 fully saturated rings. The molecule has 2 N–H and O–H groups in total. The Kier molecular flexibility index (Phi) is 7.22. The molecule has 3 rings (SSSR count). The second kappa shape index (κ2) is 10.3. The van der Waals surface area contributed by atoms with Crippen molar-refractivity contribution in [3.63, 3.8) is 0 Å². The molecule has 5 heteroatoms. The van der Waals surface area contributed by atoms with Crippen molar-refractivity contribution in [1.29, 1.82) is 0 Å². The molecule has 30 heavy (non-hydrogen) atoms. The number of rotatable bonds is 8. The molecule has 0 bridgehead atoms. The first-order valence-electron chi connectivity index (χ1n) is 10.0. The molecule has 3 aromatic carbocycles. The number of hydrogen-bond donors (Lipinski definition) is 2. The highest BCUT2D eigenvalue weighted by Crippen LogP contribution is 2.18. The fourth-order valence-corrected chi connectivity index (χ4v) is 2.97. The van der Waals surface area contributed by atoms with Crippen molar-refractivity contribution in [3.8, 4) is 5.75 Å². The van der Waals surface area contributed by atoms with Gasteiger partial charge in [0.15, 0.2) is 6.10 Å². The minimum atomic E-state index is -0.659. The van der Waals surface area contributed by atoms with E-state index in [0.29, 0.717) is 23.5 Å². The van der Waals surface area contributed by atoms with E-state index in [1.807, 2.05) is 54.6 Å². The van der Waals surface area contributed by atoms with Crippen LogP contribution < -0.4 is 15.4 Å². The van der Waals surface area contributed by atoms with Crippen LogP contribution in [0.15, 0.2) is 78.9 Å². The molecule has 1 unspecified atom stereocenters. The fourth-order valence-electron chi connectivity index (χ4n) is 2.97. The van der Waals surface area contributed by atoms with E-state index in [9.17, 15) is 9.59 Å². The van der Waals surface area contributed by atoms with Crippen LogP contribution in [-0.4, -0.2) is 17.9 Å². The minimum Gasteiger partial charge on any atom is -0.481 e. The summed E-state index contributed by atoms with van der Waals surface area (Å²) in [5.41, 5.74) is 3.37. The Morgan fingerprint density at radius 3 is 2.17 bits per heavy atom. The van der Waals surface area contributed by atoms with Crippen molar-refractivity contribution in [1.82, 2.24) is 0 Å². The number of amides is 2. The predicted molar refractivity (Wildman–Crippen MR) is 120 cm³/mol. The SMILES string of the molecule is CCc1ccc(OC(C)C(=O)Nc2cccc(NC(=O)Cc3ccccc3)c2)cc1. The number of hydrogen-bond acceptors (Lipinski definition) is 3. The fraction of sp³-hybridized carbons (Fsp3) is 0.200. The molecule has 5 nitrogen and oxygen atoms in total. The smallest absolute Gasteiger partial charge is 0.265 e. The van der Waals surface area contributed by atoms with E-state index < -0.39 is 6.10 Å². The predicted octanol–water partition coefficient (Wildman–Crippen LogP) is 4.84. The van der Waals surface area contributed by atoms with Gasteiger partial charge in [-0.2, -0.15) is 0 Å². The zero-order valence-corrected chi connectivity index (χ0v) is 17.2. The third kappa shape index (κ3) is 6.21. The molecule has 0 aliphatic rings. The van der Waals surface area contributed by atoms with Gasteiger partial charge in [0, 0.05) is 11.4 Å². The van der Waals surface area contributed by atoms with Crippen LogP contribution in [0.25, 0.3) is 0 Å². The van der Waals surface area contributed by atoms with Crippen molar-refractivity contribution < 1.29 is 14.3 Å². The van der Waals surface area contributed by atoms with Crippen molar-refractivity contribution in [2.24, 2.45) is 0 Å². The van der Waals surface area contributed by atoms with Crippen LogP contribution in [0.4, 0.5) is 11.4 Å². The molecule has 2 amide bonds. The van der Waals surface area contributed by atoms with E-state index in [1.165, 1.54) is 5.56 Å². The van der Waals surface area contributed by atoms with E-state index in [2.05, 4.69) is 17.6 Å². The third-order valence-electron chi connectivity index (χ3n) is 4.64. The lowest BCUT2D eigenvalue weighted by Gasteiger charge is -2.15. The van der Waals surface area contributed by atoms with Gasteiger partial charge in [-0.15, -0.1) is 0 Å². The van der Waals surface area contributed by atoms with E-state index >= 15 is 0 Å². The van der Waals surface area contributed by atoms with Crippen LogP contribution in [-0.2, 0) is 22.4 Å². The molecule has 0 heterocycles. The Morgan fingerprint density at radius 2 is 1.50 bits per heavy atom. The zero-order valence-electron chi connectivity index (χ0n) is 17.2. The van der Waals surface area contributed by atoms with E-state index in [1.54, 1.807) is 31.2 Å². The Labute approximate surface area is 177 Å². The van der Waals surface area contributed by atoms with Gasteiger partial charge in [0.2, 0.25) is 5.91 Å². The summed E-state index contributed by atoms with van der Waals surface area (Å²) in [6, 6.07) is 24.3. The molecule has 1 atom stereocenters. The van der Waals surface area contributed by atoms with Gasteiger partial charge in [-0.25, -0.2) is 0 Å². The van der Waals surface area contributed by atoms with Gasteiger partial charge in [0.25, 0.3) is 5.91 Å². The van der Waals surface area contributed by atoms with Gasteiger partial charge in [0.05, 0.1) is 6.42 Å². The number of ether oxygens (including phenoxy) is 1. The summed E-state index contributed by atoms with van der Waals surface area (Å²) in [6.45, 7) is 3.79. The van der Waals surface area contributed by atoms with Gasteiger partial charge in [0.1, 0.15) is 5.75 Å². The van der Waals surface area contributed by atoms with Gasteiger partial charge in [-0.1, -0.05) is 55.5 Å². The summed E-state index contributed by atoms with van der Waals surface area (Å²) in [4.78, 5) is 24.7. The first-order chi connectivity index (χ1) is 14.5. The molecule has 0 radical (unpaired) electrons. The van der Waals surface area contributed by atoms with Gasteiger partial charge < -0.3 is 15.4 Å². The summed E-state index contributed by atoms with van der Waals surface area (Å²) >= 11 is 0. The molecule has 0 saturated heterocycles. The van der Waals surface area contributed by atoms with Crippen molar-refractivity contribution in [2.75, 3.05) is 10.6 Å². The van der Waals surface area contributed by atoms with Crippen LogP contribution in [0.5, 0.6) is 5.75 Å². The molecular formula is C25H26N2O3. The largest absolute Gasteiger partial charge is 0.481 e. The summed E-state index contributed by atoms with van der Waals surface area (Å²) in [6.07, 6.45) is 0.585. The molecular weight excluding hydrogens is 376 g/mol. The molecule has 0 saturated carbocycles. The topological polar surface area (TPSA) is 67.4 Å². The maximum atomic E-state index is 12.5. The van der Waals surface area contributed by atoms with E-state index in [-0.39, 0.29) is 11.8 Å². The average Bonchev–Trinajstić information content (AvgIpc) is 2.75. The first-order valence-corrected chi connectivity index (χ1v) is 10.0. The maximum Gasteiger partial charge on any atom is 0.265 e. The average molecular weight is 402 g/mol. The van der Waals surface area contributed by atoms with Gasteiger partial charge >= 0.3 is 0 Å². The van der Waals surface area contributed by atoms with Crippen LogP contribution in [0.1, 0.15) is 25.0 Å². The molecule has 0 aliphatic heterocycles. The summed E-state index contributed by atoms with van der Waals surface area (Å²) < 4.78 is 5.73. The van der Waals surface area contributed by atoms with E-state index in [0.717, 1.165) is 12.0 Å². The monoisotopic (exact) mass is 402 g/mol. The van der Waals surface area contributed by atoms with Crippen LogP contribution in [0.3, 0.4) is 0 Å². The highest BCUT2D eigenvalue weighted by molar-refractivity contribution is 5.96. The van der Waals surface area contributed by atoms with Crippen LogP contribution in [0.2, 0.25) is 0 Å². The number of benzene rings is 3. The lowest BCUT2D eigenvalue weighted by Crippen LogP contribution is -2.30. The van der Waals surface area contributed by atoms with Crippen molar-refractivity contribution in [3.05, 3.63) is 90.0 Å². The molecule has 3 aromatic rings. The quantitative estimate of drug-likeness (QED) is 0.567. The number of carbonyl (C=O) groups is 2. The van der Waals surface area contributed by atoms with Crippen molar-refractivity contribution in [2.45, 2.75) is 32.8 Å². The number of nitrogens with one attached hydrogen (secondary N) is 2. The molecule has 154 valence electrons. The Hall–Kier alpha value is -3.60. The summed E-state index contributed by atoms with van der Waals surface area (Å²) in [7, 11) is 0. The van der Waals surface area contributed by atoms with Gasteiger partial charge in [-0.05, 0) is 54.8 Å². The summed E-state index contributed by atoms with van der Waals surface area (Å²) in [5, 5.41) is 5.69. The Bertz CT molecular complexity index is 985. The Balaban J connectivity index is 1.55. The van der Waals surface area contributed by atoms with Crippen LogP contribution in [0, 0.1) is 0 Å². The third-order valence-corrected chi connectivity index (χ3v) is 4.64. The number of carbonyl (C=O) groups excluding carboxylic acids is 2. The highest BCUT2D eigenvalue weighted by Gasteiger charge is 2.15. The van der Waals surface area contributed by atoms with Crippen LogP contribution >= 0.6 is 0 Å². The number of aryl methyl sites for hydroxylation is 1. The maximum absolute atomic E-state index is 12.5. The first kappa shape index (κ1) is 21.1. The standard InChI is InChI=1S/C25H26N2O3/c1-3-19-12-14-23(15-13-19)30-18(2)25(29)27-22-11-7-10-21(17-22)26-24(28)16-20-8-5-4-6-9-20/h4-15,17-18H,3,16H2,1-2H3,(H,26,28)(H,27,29). The zero-order chi connectivity index (χ0) is 21.3. The lowest BCUT2D eigenvalue weighted by molar-refractivity contribution is -0.122. The second-order valence-corrected chi connectivity index (χ2v) is 7.04. The minimum absolute atomic E-state index is 0.114. The number of anilines is 2. The highest BCUT2D eigenvalue weighted by atomic mass is 16.5. The van der Waals surface area contributed by atoms with E-state index in [4.69, 9.17) is 4.74 Å². The lowest BCUT2D eigenvalue weighted by atomic mass is 10.1.